The molecule has 2 aromatic carbocycles. The zero-order valence-corrected chi connectivity index (χ0v) is 14.1. The van der Waals surface area contributed by atoms with E-state index in [1.807, 2.05) is 30.5 Å². The number of para-hydroxylation sites is 1. The molecule has 0 saturated heterocycles. The topological polar surface area (TPSA) is 74.0 Å². The van der Waals surface area contributed by atoms with Crippen LogP contribution in [0.25, 0.3) is 10.9 Å². The maximum atomic E-state index is 12.7. The second-order valence-corrected chi connectivity index (χ2v) is 5.90. The third kappa shape index (κ3) is 4.46. The number of aromatic nitrogens is 1. The molecule has 0 unspecified atom stereocenters. The Hall–Kier alpha value is -3.29. The molecule has 0 bridgehead atoms. The fourth-order valence-corrected chi connectivity index (χ4v) is 2.69. The Balaban J connectivity index is 1.54. The van der Waals surface area contributed by atoms with E-state index in [0.29, 0.717) is 6.42 Å². The van der Waals surface area contributed by atoms with Gasteiger partial charge in [-0.1, -0.05) is 24.3 Å². The molecule has 1 heterocycles. The molecule has 3 N–H and O–H groups in total. The van der Waals surface area contributed by atoms with Crippen molar-refractivity contribution in [3.05, 3.63) is 65.9 Å². The van der Waals surface area contributed by atoms with E-state index in [1.165, 1.54) is 6.07 Å². The molecular weight excluding hydrogens is 359 g/mol. The number of halogens is 3. The van der Waals surface area contributed by atoms with Gasteiger partial charge in [0.15, 0.2) is 0 Å². The van der Waals surface area contributed by atoms with E-state index >= 15 is 0 Å². The molecule has 0 radical (unpaired) electrons. The Labute approximate surface area is 152 Å². The summed E-state index contributed by atoms with van der Waals surface area (Å²) in [5.41, 5.74) is 0.965. The van der Waals surface area contributed by atoms with Crippen molar-refractivity contribution in [1.82, 2.24) is 10.3 Å². The van der Waals surface area contributed by atoms with Crippen LogP contribution in [0.15, 0.2) is 54.7 Å². The van der Waals surface area contributed by atoms with Crippen molar-refractivity contribution in [2.75, 3.05) is 11.9 Å². The summed E-state index contributed by atoms with van der Waals surface area (Å²) >= 11 is 0. The number of fused-ring (bicyclic) bond motifs is 1. The van der Waals surface area contributed by atoms with Gasteiger partial charge in [-0.25, -0.2) is 0 Å². The fourth-order valence-electron chi connectivity index (χ4n) is 2.69. The number of hydrogen-bond acceptors (Lipinski definition) is 2. The first-order chi connectivity index (χ1) is 12.8. The fraction of sp³-hybridized carbons (Fsp3) is 0.158. The molecule has 3 rings (SSSR count). The number of anilines is 1. The van der Waals surface area contributed by atoms with Crippen LogP contribution in [0.1, 0.15) is 11.1 Å². The van der Waals surface area contributed by atoms with Gasteiger partial charge in [0.1, 0.15) is 0 Å². The molecule has 5 nitrogen and oxygen atoms in total. The van der Waals surface area contributed by atoms with Crippen LogP contribution in [0, 0.1) is 0 Å². The number of rotatable bonds is 4. The highest BCUT2D eigenvalue weighted by molar-refractivity contribution is 6.39. The van der Waals surface area contributed by atoms with Crippen molar-refractivity contribution >= 4 is 28.4 Å². The highest BCUT2D eigenvalue weighted by Crippen LogP contribution is 2.30. The van der Waals surface area contributed by atoms with Gasteiger partial charge < -0.3 is 15.6 Å². The number of alkyl halides is 3. The van der Waals surface area contributed by atoms with Crippen molar-refractivity contribution < 1.29 is 22.8 Å². The molecule has 27 heavy (non-hydrogen) atoms. The van der Waals surface area contributed by atoms with Crippen LogP contribution in [0.4, 0.5) is 18.9 Å². The van der Waals surface area contributed by atoms with Crippen LogP contribution < -0.4 is 10.6 Å². The highest BCUT2D eigenvalue weighted by atomic mass is 19.4. The summed E-state index contributed by atoms with van der Waals surface area (Å²) in [6.45, 7) is 0.219. The number of carbonyl (C=O) groups excluding carboxylic acids is 2. The van der Waals surface area contributed by atoms with Crippen molar-refractivity contribution in [3.63, 3.8) is 0 Å². The van der Waals surface area contributed by atoms with E-state index in [4.69, 9.17) is 0 Å². The second-order valence-electron chi connectivity index (χ2n) is 5.90. The standard InChI is InChI=1S/C19H16F3N3O2/c20-19(21,22)13-4-3-5-14(10-13)25-18(27)17(26)23-9-8-12-11-24-16-7-2-1-6-15(12)16/h1-7,10-11,24H,8-9H2,(H,23,26)(H,25,27). The molecule has 8 heteroatoms. The Morgan fingerprint density at radius 1 is 1.00 bits per heavy atom. The van der Waals surface area contributed by atoms with Gasteiger partial charge in [0, 0.05) is 29.3 Å². The summed E-state index contributed by atoms with van der Waals surface area (Å²) < 4.78 is 38.0. The summed E-state index contributed by atoms with van der Waals surface area (Å²) in [4.78, 5) is 26.9. The average molecular weight is 375 g/mol. The number of carbonyl (C=O) groups is 2. The number of benzene rings is 2. The largest absolute Gasteiger partial charge is 0.416 e. The third-order valence-electron chi connectivity index (χ3n) is 4.01. The summed E-state index contributed by atoms with van der Waals surface area (Å²) in [7, 11) is 0. The normalized spacial score (nSPS) is 11.4. The summed E-state index contributed by atoms with van der Waals surface area (Å²) in [6.07, 6.45) is -2.19. The smallest absolute Gasteiger partial charge is 0.361 e. The SMILES string of the molecule is O=C(NCCc1c[nH]c2ccccc12)C(=O)Nc1cccc(C(F)(F)F)c1. The van der Waals surface area contributed by atoms with Gasteiger partial charge in [0.05, 0.1) is 5.56 Å². The van der Waals surface area contributed by atoms with E-state index in [1.54, 1.807) is 0 Å². The molecule has 0 atom stereocenters. The minimum absolute atomic E-state index is 0.0957. The van der Waals surface area contributed by atoms with Crippen molar-refractivity contribution in [2.24, 2.45) is 0 Å². The molecular formula is C19H16F3N3O2. The highest BCUT2D eigenvalue weighted by Gasteiger charge is 2.30. The molecule has 0 fully saturated rings. The quantitative estimate of drug-likeness (QED) is 0.611. The number of aromatic amines is 1. The maximum Gasteiger partial charge on any atom is 0.416 e. The lowest BCUT2D eigenvalue weighted by Gasteiger charge is -2.10. The first-order valence-corrected chi connectivity index (χ1v) is 8.16. The summed E-state index contributed by atoms with van der Waals surface area (Å²) in [5, 5.41) is 5.66. The van der Waals surface area contributed by atoms with Crippen LogP contribution in [0.2, 0.25) is 0 Å². The van der Waals surface area contributed by atoms with Crippen molar-refractivity contribution in [3.8, 4) is 0 Å². The number of H-pyrrole nitrogens is 1. The van der Waals surface area contributed by atoms with E-state index < -0.39 is 23.6 Å². The molecule has 0 spiro atoms. The van der Waals surface area contributed by atoms with E-state index in [2.05, 4.69) is 15.6 Å². The first-order valence-electron chi connectivity index (χ1n) is 8.16. The predicted molar refractivity (Wildman–Crippen MR) is 95.1 cm³/mol. The van der Waals surface area contributed by atoms with Crippen molar-refractivity contribution in [1.29, 1.82) is 0 Å². The minimum Gasteiger partial charge on any atom is -0.361 e. The molecule has 0 aliphatic carbocycles. The van der Waals surface area contributed by atoms with Crippen LogP contribution in [-0.2, 0) is 22.2 Å². The van der Waals surface area contributed by atoms with Gasteiger partial charge in [-0.2, -0.15) is 13.2 Å². The second kappa shape index (κ2) is 7.53. The lowest BCUT2D eigenvalue weighted by Crippen LogP contribution is -2.36. The molecule has 2 amide bonds. The predicted octanol–water partition coefficient (Wildman–Crippen LogP) is 3.48. The zero-order chi connectivity index (χ0) is 19.4. The van der Waals surface area contributed by atoms with E-state index in [-0.39, 0.29) is 12.2 Å². The Bertz CT molecular complexity index is 979. The Kier molecular flexibility index (Phi) is 5.16. The summed E-state index contributed by atoms with van der Waals surface area (Å²) in [5.74, 6) is -1.93. The van der Waals surface area contributed by atoms with Crippen molar-refractivity contribution in [2.45, 2.75) is 12.6 Å². The summed E-state index contributed by atoms with van der Waals surface area (Å²) in [6, 6.07) is 11.8. The average Bonchev–Trinajstić information content (AvgIpc) is 3.04. The van der Waals surface area contributed by atoms with Crippen LogP contribution in [-0.4, -0.2) is 23.3 Å². The molecule has 3 aromatic rings. The first kappa shape index (κ1) is 18.5. The van der Waals surface area contributed by atoms with Crippen LogP contribution in [0.5, 0.6) is 0 Å². The van der Waals surface area contributed by atoms with Crippen LogP contribution in [0.3, 0.4) is 0 Å². The minimum atomic E-state index is -4.53. The monoisotopic (exact) mass is 375 g/mol. The zero-order valence-electron chi connectivity index (χ0n) is 14.1. The van der Waals surface area contributed by atoms with Gasteiger partial charge in [0.2, 0.25) is 0 Å². The van der Waals surface area contributed by atoms with E-state index in [0.717, 1.165) is 34.7 Å². The van der Waals surface area contributed by atoms with Gasteiger partial charge in [-0.15, -0.1) is 0 Å². The van der Waals surface area contributed by atoms with Crippen LogP contribution >= 0.6 is 0 Å². The number of hydrogen-bond donors (Lipinski definition) is 3. The maximum absolute atomic E-state index is 12.7. The molecule has 140 valence electrons. The lowest BCUT2D eigenvalue weighted by atomic mass is 10.1. The number of nitrogens with one attached hydrogen (secondary N) is 3. The van der Waals surface area contributed by atoms with Gasteiger partial charge >= 0.3 is 18.0 Å². The number of amides is 2. The van der Waals surface area contributed by atoms with Gasteiger partial charge in [0.25, 0.3) is 0 Å². The molecule has 0 aliphatic rings. The van der Waals surface area contributed by atoms with Gasteiger partial charge in [-0.05, 0) is 36.2 Å². The Morgan fingerprint density at radius 2 is 1.78 bits per heavy atom. The lowest BCUT2D eigenvalue weighted by molar-refractivity contribution is -0.137. The Morgan fingerprint density at radius 3 is 2.56 bits per heavy atom. The third-order valence-corrected chi connectivity index (χ3v) is 4.01. The molecule has 0 aliphatic heterocycles. The molecule has 0 saturated carbocycles. The molecule has 1 aromatic heterocycles. The van der Waals surface area contributed by atoms with E-state index in [9.17, 15) is 22.8 Å². The van der Waals surface area contributed by atoms with Gasteiger partial charge in [-0.3, -0.25) is 9.59 Å².